The third-order valence-corrected chi connectivity index (χ3v) is 5.40. The molecule has 0 spiro atoms. The SMILES string of the molecule is CSC1(C#N)CCN(C(=O)Cc2ccccc2C)CC1. The molecule has 0 N–H and O–H groups in total. The first-order chi connectivity index (χ1) is 9.60. The topological polar surface area (TPSA) is 44.1 Å². The quantitative estimate of drug-likeness (QED) is 0.859. The zero-order chi connectivity index (χ0) is 14.6. The lowest BCUT2D eigenvalue weighted by molar-refractivity contribution is -0.131. The van der Waals surface area contributed by atoms with Gasteiger partial charge in [-0.25, -0.2) is 0 Å². The van der Waals surface area contributed by atoms with Gasteiger partial charge in [-0.3, -0.25) is 4.79 Å². The zero-order valence-electron chi connectivity index (χ0n) is 12.1. The predicted octanol–water partition coefficient (Wildman–Crippen LogP) is 2.79. The average molecular weight is 288 g/mol. The van der Waals surface area contributed by atoms with Crippen molar-refractivity contribution in [3.8, 4) is 6.07 Å². The first-order valence-corrected chi connectivity index (χ1v) is 8.11. The summed E-state index contributed by atoms with van der Waals surface area (Å²) < 4.78 is -0.292. The second-order valence-electron chi connectivity index (χ2n) is 5.29. The van der Waals surface area contributed by atoms with Crippen LogP contribution in [-0.4, -0.2) is 34.9 Å². The lowest BCUT2D eigenvalue weighted by Crippen LogP contribution is -2.45. The minimum atomic E-state index is -0.292. The molecule has 1 fully saturated rings. The van der Waals surface area contributed by atoms with Gasteiger partial charge in [-0.1, -0.05) is 24.3 Å². The van der Waals surface area contributed by atoms with E-state index in [1.54, 1.807) is 11.8 Å². The van der Waals surface area contributed by atoms with Crippen molar-refractivity contribution in [2.75, 3.05) is 19.3 Å². The second-order valence-corrected chi connectivity index (χ2v) is 6.48. The van der Waals surface area contributed by atoms with Crippen LogP contribution < -0.4 is 0 Å². The molecule has 1 aromatic carbocycles. The Morgan fingerprint density at radius 3 is 2.60 bits per heavy atom. The van der Waals surface area contributed by atoms with Crippen LogP contribution >= 0.6 is 11.8 Å². The van der Waals surface area contributed by atoms with Crippen molar-refractivity contribution in [2.24, 2.45) is 0 Å². The van der Waals surface area contributed by atoms with Crippen molar-refractivity contribution < 1.29 is 4.79 Å². The minimum absolute atomic E-state index is 0.173. The number of aryl methyl sites for hydroxylation is 1. The molecule has 0 saturated carbocycles. The number of thioether (sulfide) groups is 1. The summed E-state index contributed by atoms with van der Waals surface area (Å²) in [5, 5.41) is 9.26. The van der Waals surface area contributed by atoms with E-state index in [0.29, 0.717) is 19.5 Å². The Bertz CT molecular complexity index is 528. The molecule has 106 valence electrons. The summed E-state index contributed by atoms with van der Waals surface area (Å²) >= 11 is 1.61. The maximum atomic E-state index is 12.3. The maximum absolute atomic E-state index is 12.3. The molecule has 1 aromatic rings. The summed E-state index contributed by atoms with van der Waals surface area (Å²) in [5.41, 5.74) is 2.26. The number of hydrogen-bond donors (Lipinski definition) is 0. The van der Waals surface area contributed by atoms with Crippen molar-refractivity contribution in [3.05, 3.63) is 35.4 Å². The van der Waals surface area contributed by atoms with Gasteiger partial charge in [0.25, 0.3) is 0 Å². The Morgan fingerprint density at radius 1 is 1.40 bits per heavy atom. The Labute approximate surface area is 125 Å². The average Bonchev–Trinajstić information content (AvgIpc) is 2.49. The lowest BCUT2D eigenvalue weighted by atomic mass is 9.96. The van der Waals surface area contributed by atoms with Gasteiger partial charge in [-0.05, 0) is 37.1 Å². The van der Waals surface area contributed by atoms with Crippen LogP contribution in [-0.2, 0) is 11.2 Å². The van der Waals surface area contributed by atoms with Gasteiger partial charge in [0.05, 0.1) is 12.5 Å². The van der Waals surface area contributed by atoms with Crippen LogP contribution in [0, 0.1) is 18.3 Å². The predicted molar refractivity (Wildman–Crippen MR) is 82.6 cm³/mol. The lowest BCUT2D eigenvalue weighted by Gasteiger charge is -2.36. The molecular weight excluding hydrogens is 268 g/mol. The number of piperidine rings is 1. The highest BCUT2D eigenvalue weighted by molar-refractivity contribution is 8.00. The van der Waals surface area contributed by atoms with Gasteiger partial charge in [0.1, 0.15) is 4.75 Å². The van der Waals surface area contributed by atoms with E-state index in [0.717, 1.165) is 24.0 Å². The van der Waals surface area contributed by atoms with Crippen LogP contribution in [0.15, 0.2) is 24.3 Å². The third kappa shape index (κ3) is 3.16. The van der Waals surface area contributed by atoms with Gasteiger partial charge in [-0.2, -0.15) is 5.26 Å². The number of carbonyl (C=O) groups excluding carboxylic acids is 1. The first-order valence-electron chi connectivity index (χ1n) is 6.89. The van der Waals surface area contributed by atoms with E-state index in [1.807, 2.05) is 42.3 Å². The molecule has 0 unspecified atom stereocenters. The highest BCUT2D eigenvalue weighted by atomic mass is 32.2. The fourth-order valence-electron chi connectivity index (χ4n) is 2.56. The van der Waals surface area contributed by atoms with E-state index in [9.17, 15) is 10.1 Å². The summed E-state index contributed by atoms with van der Waals surface area (Å²) in [7, 11) is 0. The third-order valence-electron chi connectivity index (χ3n) is 4.12. The Morgan fingerprint density at radius 2 is 2.05 bits per heavy atom. The summed E-state index contributed by atoms with van der Waals surface area (Å²) in [6, 6.07) is 10.4. The molecule has 1 saturated heterocycles. The standard InChI is InChI=1S/C16H20N2OS/c1-13-5-3-4-6-14(13)11-15(19)18-9-7-16(12-17,20-2)8-10-18/h3-6H,7-11H2,1-2H3. The van der Waals surface area contributed by atoms with Gasteiger partial charge < -0.3 is 4.90 Å². The van der Waals surface area contributed by atoms with Crippen LogP contribution in [0.2, 0.25) is 0 Å². The summed E-state index contributed by atoms with van der Waals surface area (Å²) in [4.78, 5) is 14.2. The van der Waals surface area contributed by atoms with Crippen LogP contribution in [0.5, 0.6) is 0 Å². The number of nitrogens with zero attached hydrogens (tertiary/aromatic N) is 2. The first kappa shape index (κ1) is 14.9. The molecule has 1 heterocycles. The molecule has 1 aliphatic rings. The fourth-order valence-corrected chi connectivity index (χ4v) is 3.24. The van der Waals surface area contributed by atoms with E-state index in [1.165, 1.54) is 0 Å². The van der Waals surface area contributed by atoms with Gasteiger partial charge in [0.2, 0.25) is 5.91 Å². The van der Waals surface area contributed by atoms with E-state index in [-0.39, 0.29) is 10.7 Å². The molecule has 3 nitrogen and oxygen atoms in total. The summed E-state index contributed by atoms with van der Waals surface area (Å²) in [6.45, 7) is 3.42. The monoisotopic (exact) mass is 288 g/mol. The van der Waals surface area contributed by atoms with Crippen molar-refractivity contribution in [1.82, 2.24) is 4.90 Å². The van der Waals surface area contributed by atoms with Crippen LogP contribution in [0.4, 0.5) is 0 Å². The van der Waals surface area contributed by atoms with Crippen molar-refractivity contribution in [2.45, 2.75) is 30.9 Å². The van der Waals surface area contributed by atoms with E-state index < -0.39 is 0 Å². The number of likely N-dealkylation sites (tertiary alicyclic amines) is 1. The van der Waals surface area contributed by atoms with Crippen LogP contribution in [0.3, 0.4) is 0 Å². The molecular formula is C16H20N2OS. The van der Waals surface area contributed by atoms with Crippen LogP contribution in [0.1, 0.15) is 24.0 Å². The van der Waals surface area contributed by atoms with Crippen LogP contribution in [0.25, 0.3) is 0 Å². The molecule has 2 rings (SSSR count). The fraction of sp³-hybridized carbons (Fsp3) is 0.500. The largest absolute Gasteiger partial charge is 0.342 e. The van der Waals surface area contributed by atoms with Gasteiger partial charge in [0, 0.05) is 13.1 Å². The second kappa shape index (κ2) is 6.32. The maximum Gasteiger partial charge on any atom is 0.227 e. The van der Waals surface area contributed by atoms with E-state index >= 15 is 0 Å². The summed E-state index contributed by atoms with van der Waals surface area (Å²) in [5.74, 6) is 0.173. The molecule has 0 bridgehead atoms. The number of hydrogen-bond acceptors (Lipinski definition) is 3. The van der Waals surface area contributed by atoms with Crippen molar-refractivity contribution in [3.63, 3.8) is 0 Å². The van der Waals surface area contributed by atoms with Gasteiger partial charge >= 0.3 is 0 Å². The number of amides is 1. The number of benzene rings is 1. The Kier molecular flexibility index (Phi) is 4.72. The molecule has 20 heavy (non-hydrogen) atoms. The molecule has 0 aliphatic carbocycles. The van der Waals surface area contributed by atoms with E-state index in [2.05, 4.69) is 6.07 Å². The number of carbonyl (C=O) groups is 1. The summed E-state index contributed by atoms with van der Waals surface area (Å²) in [6.07, 6.45) is 3.98. The van der Waals surface area contributed by atoms with Crippen molar-refractivity contribution >= 4 is 17.7 Å². The minimum Gasteiger partial charge on any atom is -0.342 e. The van der Waals surface area contributed by atoms with Gasteiger partial charge in [-0.15, -0.1) is 11.8 Å². The highest BCUT2D eigenvalue weighted by Gasteiger charge is 2.35. The smallest absolute Gasteiger partial charge is 0.227 e. The zero-order valence-corrected chi connectivity index (χ0v) is 12.9. The van der Waals surface area contributed by atoms with Gasteiger partial charge in [0.15, 0.2) is 0 Å². The van der Waals surface area contributed by atoms with E-state index in [4.69, 9.17) is 0 Å². The highest BCUT2D eigenvalue weighted by Crippen LogP contribution is 2.33. The number of rotatable bonds is 3. The molecule has 1 amide bonds. The van der Waals surface area contributed by atoms with Crippen molar-refractivity contribution in [1.29, 1.82) is 5.26 Å². The Hall–Kier alpha value is -1.47. The Balaban J connectivity index is 1.96. The molecule has 0 radical (unpaired) electrons. The normalized spacial score (nSPS) is 17.6. The molecule has 1 aliphatic heterocycles. The molecule has 0 aromatic heterocycles. The molecule has 0 atom stereocenters. The molecule has 4 heteroatoms. The number of nitriles is 1.